The SMILES string of the molecule is CCOC(=O)Cn1nc(C)cc1-c1ccc(-c2ccc(CC)c(S(=O)(=O)CC)c2)cc1. The zero-order valence-corrected chi connectivity index (χ0v) is 19.2. The van der Waals surface area contributed by atoms with Gasteiger partial charge in [0, 0.05) is 0 Å². The van der Waals surface area contributed by atoms with Crippen molar-refractivity contribution < 1.29 is 17.9 Å². The van der Waals surface area contributed by atoms with E-state index in [2.05, 4.69) is 5.10 Å². The minimum absolute atomic E-state index is 0.0511. The van der Waals surface area contributed by atoms with Crippen molar-refractivity contribution in [3.8, 4) is 22.4 Å². The maximum Gasteiger partial charge on any atom is 0.327 e. The first-order valence-corrected chi connectivity index (χ1v) is 12.1. The van der Waals surface area contributed by atoms with E-state index in [1.807, 2.05) is 56.3 Å². The van der Waals surface area contributed by atoms with Gasteiger partial charge in [-0.05, 0) is 54.7 Å². The second kappa shape index (κ2) is 9.47. The number of nitrogens with zero attached hydrogens (tertiary/aromatic N) is 2. The van der Waals surface area contributed by atoms with Gasteiger partial charge in [-0.25, -0.2) is 8.42 Å². The molecule has 0 saturated heterocycles. The highest BCUT2D eigenvalue weighted by atomic mass is 32.2. The minimum Gasteiger partial charge on any atom is -0.465 e. The van der Waals surface area contributed by atoms with Crippen LogP contribution in [-0.2, 0) is 32.3 Å². The molecule has 164 valence electrons. The molecule has 0 atom stereocenters. The maximum absolute atomic E-state index is 12.5. The molecular weight excluding hydrogens is 412 g/mol. The molecule has 0 spiro atoms. The number of rotatable bonds is 8. The summed E-state index contributed by atoms with van der Waals surface area (Å²) in [6, 6.07) is 15.4. The average molecular weight is 441 g/mol. The second-order valence-electron chi connectivity index (χ2n) is 7.29. The van der Waals surface area contributed by atoms with Gasteiger partial charge in [0.25, 0.3) is 0 Å². The van der Waals surface area contributed by atoms with Gasteiger partial charge in [0.15, 0.2) is 9.84 Å². The number of benzene rings is 2. The molecule has 2 aromatic carbocycles. The van der Waals surface area contributed by atoms with Crippen LogP contribution in [0.15, 0.2) is 53.4 Å². The fraction of sp³-hybridized carbons (Fsp3) is 0.333. The molecule has 0 aliphatic carbocycles. The predicted octanol–water partition coefficient (Wildman–Crippen LogP) is 4.44. The summed E-state index contributed by atoms with van der Waals surface area (Å²) in [6.07, 6.45) is 0.664. The Bertz CT molecular complexity index is 1180. The minimum atomic E-state index is -3.30. The summed E-state index contributed by atoms with van der Waals surface area (Å²) < 4.78 is 31.7. The molecule has 0 radical (unpaired) electrons. The van der Waals surface area contributed by atoms with E-state index in [0.29, 0.717) is 17.9 Å². The smallest absolute Gasteiger partial charge is 0.327 e. The van der Waals surface area contributed by atoms with Crippen molar-refractivity contribution >= 4 is 15.8 Å². The molecule has 3 aromatic rings. The number of sulfone groups is 1. The zero-order valence-electron chi connectivity index (χ0n) is 18.4. The summed E-state index contributed by atoms with van der Waals surface area (Å²) in [5.74, 6) is -0.254. The molecule has 1 heterocycles. The Hall–Kier alpha value is -2.93. The van der Waals surface area contributed by atoms with Crippen LogP contribution in [0.2, 0.25) is 0 Å². The lowest BCUT2D eigenvalue weighted by Crippen LogP contribution is -2.15. The molecule has 6 nitrogen and oxygen atoms in total. The summed E-state index contributed by atoms with van der Waals surface area (Å²) in [6.45, 7) is 7.66. The first-order valence-electron chi connectivity index (χ1n) is 10.5. The fourth-order valence-electron chi connectivity index (χ4n) is 3.53. The van der Waals surface area contributed by atoms with Gasteiger partial charge in [0.05, 0.1) is 28.6 Å². The van der Waals surface area contributed by atoms with Crippen LogP contribution < -0.4 is 0 Å². The van der Waals surface area contributed by atoms with E-state index in [-0.39, 0.29) is 18.3 Å². The number of hydrogen-bond acceptors (Lipinski definition) is 5. The molecule has 0 N–H and O–H groups in total. The van der Waals surface area contributed by atoms with E-state index in [9.17, 15) is 13.2 Å². The number of carbonyl (C=O) groups is 1. The lowest BCUT2D eigenvalue weighted by Gasteiger charge is -2.12. The van der Waals surface area contributed by atoms with Gasteiger partial charge in [0.1, 0.15) is 6.54 Å². The van der Waals surface area contributed by atoms with Crippen LogP contribution in [0.25, 0.3) is 22.4 Å². The van der Waals surface area contributed by atoms with Crippen LogP contribution in [0, 0.1) is 6.92 Å². The van der Waals surface area contributed by atoms with Gasteiger partial charge in [-0.15, -0.1) is 0 Å². The lowest BCUT2D eigenvalue weighted by molar-refractivity contribution is -0.144. The van der Waals surface area contributed by atoms with Crippen molar-refractivity contribution in [3.63, 3.8) is 0 Å². The Kier molecular flexibility index (Phi) is 6.95. The van der Waals surface area contributed by atoms with Crippen LogP contribution in [0.4, 0.5) is 0 Å². The van der Waals surface area contributed by atoms with Gasteiger partial charge < -0.3 is 4.74 Å². The Morgan fingerprint density at radius 2 is 1.61 bits per heavy atom. The first kappa shape index (κ1) is 22.7. The number of hydrogen-bond donors (Lipinski definition) is 0. The molecule has 0 bridgehead atoms. The van der Waals surface area contributed by atoms with E-state index >= 15 is 0 Å². The van der Waals surface area contributed by atoms with Gasteiger partial charge in [-0.2, -0.15) is 5.10 Å². The van der Waals surface area contributed by atoms with Crippen LogP contribution in [0.1, 0.15) is 32.0 Å². The Morgan fingerprint density at radius 3 is 2.23 bits per heavy atom. The molecule has 1 aromatic heterocycles. The third-order valence-electron chi connectivity index (χ3n) is 5.16. The topological polar surface area (TPSA) is 78.3 Å². The molecule has 0 aliphatic rings. The van der Waals surface area contributed by atoms with Crippen molar-refractivity contribution in [3.05, 3.63) is 59.8 Å². The monoisotopic (exact) mass is 440 g/mol. The third kappa shape index (κ3) is 5.05. The summed E-state index contributed by atoms with van der Waals surface area (Å²) in [5, 5.41) is 4.41. The quantitative estimate of drug-likeness (QED) is 0.484. The van der Waals surface area contributed by atoms with Crippen LogP contribution in [-0.4, -0.2) is 36.5 Å². The van der Waals surface area contributed by atoms with E-state index in [1.165, 1.54) is 0 Å². The zero-order chi connectivity index (χ0) is 22.6. The third-order valence-corrected chi connectivity index (χ3v) is 6.97. The molecular formula is C24H28N2O4S. The predicted molar refractivity (Wildman–Crippen MR) is 122 cm³/mol. The summed E-state index contributed by atoms with van der Waals surface area (Å²) >= 11 is 0. The largest absolute Gasteiger partial charge is 0.465 e. The van der Waals surface area contributed by atoms with Crippen LogP contribution in [0.3, 0.4) is 0 Å². The summed E-state index contributed by atoms with van der Waals surface area (Å²) in [4.78, 5) is 12.3. The van der Waals surface area contributed by atoms with Crippen LogP contribution in [0.5, 0.6) is 0 Å². The first-order chi connectivity index (χ1) is 14.8. The Morgan fingerprint density at radius 1 is 0.968 bits per heavy atom. The molecule has 7 heteroatoms. The molecule has 0 aliphatic heterocycles. The van der Waals surface area contributed by atoms with E-state index in [1.54, 1.807) is 24.6 Å². The van der Waals surface area contributed by atoms with Gasteiger partial charge in [0.2, 0.25) is 0 Å². The maximum atomic E-state index is 12.5. The second-order valence-corrected chi connectivity index (χ2v) is 9.54. The van der Waals surface area contributed by atoms with E-state index in [4.69, 9.17) is 4.74 Å². The Labute approximate surface area is 183 Å². The lowest BCUT2D eigenvalue weighted by atomic mass is 10.0. The molecule has 0 amide bonds. The van der Waals surface area contributed by atoms with Crippen LogP contribution >= 0.6 is 0 Å². The van der Waals surface area contributed by atoms with Gasteiger partial charge in [-0.1, -0.05) is 50.2 Å². The number of aryl methyl sites for hydroxylation is 2. The van der Waals surface area contributed by atoms with Crippen molar-refractivity contribution in [2.45, 2.75) is 45.6 Å². The standard InChI is InChI=1S/C24H28N2O4S/c1-5-18-8-13-21(15-23(18)31(28,29)7-3)19-9-11-20(12-10-19)22-14-17(4)25-26(22)16-24(27)30-6-2/h8-15H,5-7,16H2,1-4H3. The highest BCUT2D eigenvalue weighted by Crippen LogP contribution is 2.29. The average Bonchev–Trinajstić information content (AvgIpc) is 3.13. The summed E-state index contributed by atoms with van der Waals surface area (Å²) in [7, 11) is -3.30. The van der Waals surface area contributed by atoms with Crippen molar-refractivity contribution in [1.29, 1.82) is 0 Å². The highest BCUT2D eigenvalue weighted by molar-refractivity contribution is 7.91. The van der Waals surface area contributed by atoms with E-state index < -0.39 is 9.84 Å². The summed E-state index contributed by atoms with van der Waals surface area (Å²) in [5.41, 5.74) is 5.17. The molecule has 31 heavy (non-hydrogen) atoms. The molecule has 3 rings (SSSR count). The normalized spacial score (nSPS) is 11.5. The number of ether oxygens (including phenoxy) is 1. The van der Waals surface area contributed by atoms with Crippen molar-refractivity contribution in [2.75, 3.05) is 12.4 Å². The molecule has 0 unspecified atom stereocenters. The Balaban J connectivity index is 1.95. The number of esters is 1. The highest BCUT2D eigenvalue weighted by Gasteiger charge is 2.17. The van der Waals surface area contributed by atoms with Gasteiger partial charge >= 0.3 is 5.97 Å². The fourth-order valence-corrected chi connectivity index (χ4v) is 4.76. The van der Waals surface area contributed by atoms with Gasteiger partial charge in [-0.3, -0.25) is 9.48 Å². The number of carbonyl (C=O) groups excluding carboxylic acids is 1. The van der Waals surface area contributed by atoms with Crippen molar-refractivity contribution in [1.82, 2.24) is 9.78 Å². The molecule has 0 fully saturated rings. The van der Waals surface area contributed by atoms with E-state index in [0.717, 1.165) is 33.6 Å². The molecule has 0 saturated carbocycles. The number of aromatic nitrogens is 2. The van der Waals surface area contributed by atoms with Crippen molar-refractivity contribution in [2.24, 2.45) is 0 Å².